The number of benzene rings is 1. The number of ether oxygens (including phenoxy) is 1. The first-order chi connectivity index (χ1) is 9.52. The molecule has 1 heterocycles. The highest BCUT2D eigenvalue weighted by atomic mass is 16.5. The third kappa shape index (κ3) is 2.93. The molecule has 0 aliphatic carbocycles. The Morgan fingerprint density at radius 3 is 2.70 bits per heavy atom. The van der Waals surface area contributed by atoms with Gasteiger partial charge in [-0.15, -0.1) is 0 Å². The molecule has 0 aliphatic rings. The summed E-state index contributed by atoms with van der Waals surface area (Å²) in [6, 6.07) is 5.32. The van der Waals surface area contributed by atoms with Crippen molar-refractivity contribution >= 4 is 0 Å². The van der Waals surface area contributed by atoms with Gasteiger partial charge >= 0.3 is 0 Å². The summed E-state index contributed by atoms with van der Waals surface area (Å²) < 4.78 is 10.2. The number of aromatic nitrogens is 1. The Kier molecular flexibility index (Phi) is 4.29. The van der Waals surface area contributed by atoms with Crippen LogP contribution in [-0.2, 0) is 6.54 Å². The van der Waals surface area contributed by atoms with Gasteiger partial charge in [0.2, 0.25) is 0 Å². The van der Waals surface area contributed by atoms with Gasteiger partial charge in [-0.3, -0.25) is 0 Å². The van der Waals surface area contributed by atoms with E-state index < -0.39 is 0 Å². The van der Waals surface area contributed by atoms with Gasteiger partial charge in [-0.1, -0.05) is 11.2 Å². The molecule has 5 nitrogen and oxygen atoms in total. The van der Waals surface area contributed by atoms with Gasteiger partial charge < -0.3 is 19.7 Å². The Morgan fingerprint density at radius 2 is 2.15 bits per heavy atom. The minimum absolute atomic E-state index is 0.00889. The number of nitrogens with one attached hydrogen (secondary N) is 1. The van der Waals surface area contributed by atoms with Gasteiger partial charge in [-0.05, 0) is 26.8 Å². The van der Waals surface area contributed by atoms with E-state index in [4.69, 9.17) is 9.26 Å². The van der Waals surface area contributed by atoms with Crippen molar-refractivity contribution in [3.8, 4) is 11.5 Å². The standard InChI is InChI=1S/C15H20N2O3/c1-9(13-6-5-12(19-4)7-15(13)18)16-8-14-10(2)17-20-11(14)3/h5-7,9,16,18H,8H2,1-4H3. The average Bonchev–Trinajstić information content (AvgIpc) is 2.75. The molecule has 2 aromatic rings. The summed E-state index contributed by atoms with van der Waals surface area (Å²) >= 11 is 0. The van der Waals surface area contributed by atoms with Crippen molar-refractivity contribution in [3.63, 3.8) is 0 Å². The largest absolute Gasteiger partial charge is 0.507 e. The van der Waals surface area contributed by atoms with E-state index in [9.17, 15) is 5.11 Å². The van der Waals surface area contributed by atoms with Gasteiger partial charge in [0.25, 0.3) is 0 Å². The van der Waals surface area contributed by atoms with Crippen molar-refractivity contribution < 1.29 is 14.4 Å². The number of rotatable bonds is 5. The van der Waals surface area contributed by atoms with Crippen molar-refractivity contribution in [2.75, 3.05) is 7.11 Å². The number of phenols is 1. The summed E-state index contributed by atoms with van der Waals surface area (Å²) in [5.41, 5.74) is 2.78. The predicted octanol–water partition coefficient (Wildman–Crippen LogP) is 2.86. The van der Waals surface area contributed by atoms with E-state index in [2.05, 4.69) is 10.5 Å². The van der Waals surface area contributed by atoms with Gasteiger partial charge in [0.1, 0.15) is 17.3 Å². The fourth-order valence-corrected chi connectivity index (χ4v) is 2.14. The molecule has 1 atom stereocenters. The first kappa shape index (κ1) is 14.4. The smallest absolute Gasteiger partial charge is 0.138 e. The van der Waals surface area contributed by atoms with Gasteiger partial charge in [-0.25, -0.2) is 0 Å². The van der Waals surface area contributed by atoms with Crippen LogP contribution in [0.4, 0.5) is 0 Å². The third-order valence-electron chi connectivity index (χ3n) is 3.47. The molecule has 0 bridgehead atoms. The zero-order valence-electron chi connectivity index (χ0n) is 12.2. The highest BCUT2D eigenvalue weighted by Crippen LogP contribution is 2.28. The van der Waals surface area contributed by atoms with Crippen molar-refractivity contribution in [1.29, 1.82) is 0 Å². The SMILES string of the molecule is COc1ccc(C(C)NCc2c(C)noc2C)c(O)c1. The molecule has 0 saturated heterocycles. The van der Waals surface area contributed by atoms with Crippen LogP contribution in [0.1, 0.15) is 35.5 Å². The van der Waals surface area contributed by atoms with Crippen LogP contribution in [0.25, 0.3) is 0 Å². The second-order valence-electron chi connectivity index (χ2n) is 4.83. The lowest BCUT2D eigenvalue weighted by molar-refractivity contribution is 0.391. The minimum Gasteiger partial charge on any atom is -0.507 e. The second kappa shape index (κ2) is 5.96. The van der Waals surface area contributed by atoms with Crippen LogP contribution in [0.3, 0.4) is 0 Å². The summed E-state index contributed by atoms with van der Waals surface area (Å²) in [5.74, 6) is 1.69. The molecule has 1 unspecified atom stereocenters. The number of phenolic OH excluding ortho intramolecular Hbond substituents is 1. The molecule has 5 heteroatoms. The lowest BCUT2D eigenvalue weighted by Crippen LogP contribution is -2.18. The summed E-state index contributed by atoms with van der Waals surface area (Å²) in [7, 11) is 1.58. The fourth-order valence-electron chi connectivity index (χ4n) is 2.14. The Labute approximate surface area is 118 Å². The first-order valence-electron chi connectivity index (χ1n) is 6.55. The van der Waals surface area contributed by atoms with E-state index in [1.807, 2.05) is 32.9 Å². The second-order valence-corrected chi connectivity index (χ2v) is 4.83. The molecule has 0 saturated carbocycles. The number of methoxy groups -OCH3 is 1. The highest BCUT2D eigenvalue weighted by molar-refractivity contribution is 5.41. The lowest BCUT2D eigenvalue weighted by atomic mass is 10.1. The lowest BCUT2D eigenvalue weighted by Gasteiger charge is -2.16. The maximum atomic E-state index is 10.0. The third-order valence-corrected chi connectivity index (χ3v) is 3.47. The van der Waals surface area contributed by atoms with Crippen molar-refractivity contribution in [2.24, 2.45) is 0 Å². The van der Waals surface area contributed by atoms with Crippen LogP contribution in [0, 0.1) is 13.8 Å². The predicted molar refractivity (Wildman–Crippen MR) is 75.9 cm³/mol. The molecule has 0 aliphatic heterocycles. The molecule has 0 radical (unpaired) electrons. The van der Waals surface area contributed by atoms with E-state index in [1.54, 1.807) is 13.2 Å². The van der Waals surface area contributed by atoms with Gasteiger partial charge in [0.05, 0.1) is 12.8 Å². The van der Waals surface area contributed by atoms with Crippen LogP contribution >= 0.6 is 0 Å². The monoisotopic (exact) mass is 276 g/mol. The molecule has 2 N–H and O–H groups in total. The van der Waals surface area contributed by atoms with Crippen molar-refractivity contribution in [3.05, 3.63) is 40.8 Å². The maximum absolute atomic E-state index is 10.0. The Balaban J connectivity index is 2.07. The molecule has 2 rings (SSSR count). The van der Waals surface area contributed by atoms with Gasteiger partial charge in [0, 0.05) is 29.8 Å². The quantitative estimate of drug-likeness (QED) is 0.879. The molecular formula is C15H20N2O3. The van der Waals surface area contributed by atoms with Crippen LogP contribution in [0.2, 0.25) is 0 Å². The molecule has 0 fully saturated rings. The summed E-state index contributed by atoms with van der Waals surface area (Å²) in [4.78, 5) is 0. The molecule has 0 spiro atoms. The Hall–Kier alpha value is -2.01. The van der Waals surface area contributed by atoms with E-state index in [-0.39, 0.29) is 11.8 Å². The molecular weight excluding hydrogens is 256 g/mol. The highest BCUT2D eigenvalue weighted by Gasteiger charge is 2.14. The molecule has 1 aromatic heterocycles. The topological polar surface area (TPSA) is 67.5 Å². The summed E-state index contributed by atoms with van der Waals surface area (Å²) in [6.45, 7) is 6.46. The number of hydrogen-bond donors (Lipinski definition) is 2. The fraction of sp³-hybridized carbons (Fsp3) is 0.400. The Morgan fingerprint density at radius 1 is 1.40 bits per heavy atom. The van der Waals surface area contributed by atoms with E-state index in [0.29, 0.717) is 12.3 Å². The zero-order valence-corrected chi connectivity index (χ0v) is 12.2. The van der Waals surface area contributed by atoms with Crippen molar-refractivity contribution in [2.45, 2.75) is 33.4 Å². The van der Waals surface area contributed by atoms with Crippen LogP contribution in [0.5, 0.6) is 11.5 Å². The first-order valence-corrected chi connectivity index (χ1v) is 6.55. The Bertz CT molecular complexity index is 573. The van der Waals surface area contributed by atoms with Crippen molar-refractivity contribution in [1.82, 2.24) is 10.5 Å². The van der Waals surface area contributed by atoms with Crippen LogP contribution in [-0.4, -0.2) is 17.4 Å². The minimum atomic E-state index is 0.00889. The maximum Gasteiger partial charge on any atom is 0.138 e. The zero-order chi connectivity index (χ0) is 14.7. The van der Waals surface area contributed by atoms with Gasteiger partial charge in [0.15, 0.2) is 0 Å². The number of nitrogens with zero attached hydrogens (tertiary/aromatic N) is 1. The average molecular weight is 276 g/mol. The van der Waals surface area contributed by atoms with E-state index >= 15 is 0 Å². The number of aryl methyl sites for hydroxylation is 2. The number of hydrogen-bond acceptors (Lipinski definition) is 5. The molecule has 1 aromatic carbocycles. The van der Waals surface area contributed by atoms with Gasteiger partial charge in [-0.2, -0.15) is 0 Å². The summed E-state index contributed by atoms with van der Waals surface area (Å²) in [6.07, 6.45) is 0. The molecule has 20 heavy (non-hydrogen) atoms. The van der Waals surface area contributed by atoms with E-state index in [0.717, 1.165) is 22.6 Å². The molecule has 0 amide bonds. The normalized spacial score (nSPS) is 12.4. The number of aromatic hydroxyl groups is 1. The molecule has 108 valence electrons. The summed E-state index contributed by atoms with van der Waals surface area (Å²) in [5, 5.41) is 17.3. The van der Waals surface area contributed by atoms with Crippen LogP contribution < -0.4 is 10.1 Å². The van der Waals surface area contributed by atoms with E-state index in [1.165, 1.54) is 0 Å². The van der Waals surface area contributed by atoms with Crippen LogP contribution in [0.15, 0.2) is 22.7 Å².